The van der Waals surface area contributed by atoms with E-state index in [-0.39, 0.29) is 6.54 Å². The molecule has 1 rings (SSSR count). The maximum atomic E-state index is 11.3. The van der Waals surface area contributed by atoms with E-state index in [0.29, 0.717) is 0 Å². The Hall–Kier alpha value is -1.63. The Morgan fingerprint density at radius 2 is 2.20 bits per heavy atom. The lowest BCUT2D eigenvalue weighted by Crippen LogP contribution is -2.52. The second kappa shape index (κ2) is 4.26. The molecule has 1 aliphatic rings. The first-order valence-electron chi connectivity index (χ1n) is 4.42. The summed E-state index contributed by atoms with van der Waals surface area (Å²) in [4.78, 5) is 34.5. The zero-order chi connectivity index (χ0) is 11.6. The number of amides is 3. The van der Waals surface area contributed by atoms with Gasteiger partial charge < -0.3 is 15.8 Å². The molecule has 0 spiro atoms. The quantitative estimate of drug-likeness (QED) is 0.437. The van der Waals surface area contributed by atoms with Gasteiger partial charge in [-0.3, -0.25) is 14.5 Å². The van der Waals surface area contributed by atoms with Gasteiger partial charge >= 0.3 is 12.0 Å². The van der Waals surface area contributed by atoms with Crippen molar-refractivity contribution in [2.24, 2.45) is 5.73 Å². The number of hydrogen-bond donors (Lipinski definition) is 2. The molecular formula is C8H13N3O4. The molecule has 1 saturated heterocycles. The van der Waals surface area contributed by atoms with E-state index in [1.165, 1.54) is 14.0 Å². The summed E-state index contributed by atoms with van der Waals surface area (Å²) >= 11 is 0. The number of rotatable bonds is 3. The van der Waals surface area contributed by atoms with Crippen LogP contribution in [0.25, 0.3) is 0 Å². The molecule has 84 valence electrons. The molecule has 0 aliphatic carbocycles. The van der Waals surface area contributed by atoms with Crippen LogP contribution in [0.4, 0.5) is 4.79 Å². The van der Waals surface area contributed by atoms with Gasteiger partial charge in [-0.1, -0.05) is 0 Å². The monoisotopic (exact) mass is 215 g/mol. The predicted molar refractivity (Wildman–Crippen MR) is 49.7 cm³/mol. The maximum absolute atomic E-state index is 11.3. The standard InChI is InChI=1S/C8H13N3O4/c1-4(6(9)7(13)15-2)11-5(12)3-10-8(11)14/h4,6H,3,9H2,1-2H3,(H,10,14)/t4-,6+/m0/s1. The number of carbonyl (C=O) groups excluding carboxylic acids is 3. The lowest BCUT2D eigenvalue weighted by atomic mass is 10.1. The zero-order valence-electron chi connectivity index (χ0n) is 8.52. The second-order valence-corrected chi connectivity index (χ2v) is 3.21. The molecule has 0 aromatic heterocycles. The van der Waals surface area contributed by atoms with Crippen LogP contribution in [-0.4, -0.2) is 48.5 Å². The third kappa shape index (κ3) is 2.07. The van der Waals surface area contributed by atoms with Crippen LogP contribution in [0.3, 0.4) is 0 Å². The van der Waals surface area contributed by atoms with Crippen molar-refractivity contribution >= 4 is 17.9 Å². The molecule has 1 fully saturated rings. The molecule has 2 atom stereocenters. The van der Waals surface area contributed by atoms with Crippen LogP contribution in [0.1, 0.15) is 6.92 Å². The first-order chi connectivity index (χ1) is 6.99. The van der Waals surface area contributed by atoms with E-state index in [9.17, 15) is 14.4 Å². The fraction of sp³-hybridized carbons (Fsp3) is 0.625. The Morgan fingerprint density at radius 1 is 1.60 bits per heavy atom. The van der Waals surface area contributed by atoms with Crippen molar-refractivity contribution in [1.29, 1.82) is 0 Å². The normalized spacial score (nSPS) is 19.8. The minimum absolute atomic E-state index is 0.0585. The predicted octanol–water partition coefficient (Wildman–Crippen LogP) is -1.57. The van der Waals surface area contributed by atoms with E-state index in [1.54, 1.807) is 0 Å². The van der Waals surface area contributed by atoms with Crippen molar-refractivity contribution in [2.75, 3.05) is 13.7 Å². The van der Waals surface area contributed by atoms with E-state index in [4.69, 9.17) is 5.73 Å². The molecule has 3 N–H and O–H groups in total. The Balaban J connectivity index is 2.75. The summed E-state index contributed by atoms with van der Waals surface area (Å²) in [5.41, 5.74) is 5.53. The lowest BCUT2D eigenvalue weighted by molar-refractivity contribution is -0.144. The second-order valence-electron chi connectivity index (χ2n) is 3.21. The number of nitrogens with zero attached hydrogens (tertiary/aromatic N) is 1. The first kappa shape index (κ1) is 11.4. The number of nitrogens with one attached hydrogen (secondary N) is 1. The summed E-state index contributed by atoms with van der Waals surface area (Å²) in [6.45, 7) is 1.46. The minimum atomic E-state index is -1.03. The van der Waals surface area contributed by atoms with Gasteiger partial charge in [-0.2, -0.15) is 0 Å². The average Bonchev–Trinajstić information content (AvgIpc) is 2.55. The Morgan fingerprint density at radius 3 is 2.60 bits per heavy atom. The Kier molecular flexibility index (Phi) is 3.25. The molecule has 1 heterocycles. The van der Waals surface area contributed by atoms with Crippen molar-refractivity contribution in [3.8, 4) is 0 Å². The lowest BCUT2D eigenvalue weighted by Gasteiger charge is -2.24. The van der Waals surface area contributed by atoms with E-state index in [0.717, 1.165) is 4.90 Å². The Labute approximate surface area is 86.5 Å². The minimum Gasteiger partial charge on any atom is -0.468 e. The average molecular weight is 215 g/mol. The fourth-order valence-electron chi connectivity index (χ4n) is 1.34. The highest BCUT2D eigenvalue weighted by atomic mass is 16.5. The van der Waals surface area contributed by atoms with Gasteiger partial charge in [-0.15, -0.1) is 0 Å². The zero-order valence-corrected chi connectivity index (χ0v) is 8.52. The van der Waals surface area contributed by atoms with Gasteiger partial charge in [0.05, 0.1) is 19.7 Å². The van der Waals surface area contributed by atoms with E-state index < -0.39 is 30.0 Å². The number of nitrogens with two attached hydrogens (primary N) is 1. The number of carbonyl (C=O) groups is 3. The van der Waals surface area contributed by atoms with Crippen LogP contribution in [-0.2, 0) is 14.3 Å². The summed E-state index contributed by atoms with van der Waals surface area (Å²) < 4.78 is 4.43. The number of hydrogen-bond acceptors (Lipinski definition) is 5. The van der Waals surface area contributed by atoms with Gasteiger partial charge in [-0.25, -0.2) is 4.79 Å². The van der Waals surface area contributed by atoms with Gasteiger partial charge in [0, 0.05) is 0 Å². The summed E-state index contributed by atoms with van der Waals surface area (Å²) in [5.74, 6) is -1.05. The molecule has 0 aromatic carbocycles. The molecule has 0 unspecified atom stereocenters. The van der Waals surface area contributed by atoms with Crippen LogP contribution in [0.5, 0.6) is 0 Å². The summed E-state index contributed by atoms with van der Waals surface area (Å²) in [7, 11) is 1.20. The summed E-state index contributed by atoms with van der Waals surface area (Å²) in [6.07, 6.45) is 0. The van der Waals surface area contributed by atoms with E-state index in [2.05, 4.69) is 10.1 Å². The van der Waals surface area contributed by atoms with Crippen LogP contribution in [0, 0.1) is 0 Å². The third-order valence-corrected chi connectivity index (χ3v) is 2.28. The van der Waals surface area contributed by atoms with Gasteiger partial charge in [0.1, 0.15) is 6.04 Å². The maximum Gasteiger partial charge on any atom is 0.324 e. The van der Waals surface area contributed by atoms with Gasteiger partial charge in [0.2, 0.25) is 5.91 Å². The van der Waals surface area contributed by atoms with Gasteiger partial charge in [0.25, 0.3) is 0 Å². The van der Waals surface area contributed by atoms with Crippen LogP contribution in [0.2, 0.25) is 0 Å². The molecule has 0 saturated carbocycles. The van der Waals surface area contributed by atoms with Crippen LogP contribution >= 0.6 is 0 Å². The molecule has 7 nitrogen and oxygen atoms in total. The van der Waals surface area contributed by atoms with Crippen molar-refractivity contribution < 1.29 is 19.1 Å². The molecule has 15 heavy (non-hydrogen) atoms. The highest BCUT2D eigenvalue weighted by Gasteiger charge is 2.37. The van der Waals surface area contributed by atoms with Crippen molar-refractivity contribution in [3.63, 3.8) is 0 Å². The highest BCUT2D eigenvalue weighted by molar-refractivity contribution is 6.02. The topological polar surface area (TPSA) is 102 Å². The van der Waals surface area contributed by atoms with Crippen LogP contribution in [0.15, 0.2) is 0 Å². The molecule has 3 amide bonds. The highest BCUT2D eigenvalue weighted by Crippen LogP contribution is 2.09. The molecule has 7 heteroatoms. The smallest absolute Gasteiger partial charge is 0.324 e. The number of methoxy groups -OCH3 is 1. The van der Waals surface area contributed by atoms with Crippen molar-refractivity contribution in [3.05, 3.63) is 0 Å². The first-order valence-corrected chi connectivity index (χ1v) is 4.42. The number of esters is 1. The largest absolute Gasteiger partial charge is 0.468 e. The third-order valence-electron chi connectivity index (χ3n) is 2.28. The SMILES string of the molecule is COC(=O)[C@H](N)[C@H](C)N1C(=O)CNC1=O. The summed E-state index contributed by atoms with van der Waals surface area (Å²) in [5, 5.41) is 2.34. The number of ether oxygens (including phenoxy) is 1. The van der Waals surface area contributed by atoms with E-state index >= 15 is 0 Å². The van der Waals surface area contributed by atoms with E-state index in [1.807, 2.05) is 0 Å². The summed E-state index contributed by atoms with van der Waals surface area (Å²) in [6, 6.07) is -2.28. The fourth-order valence-corrected chi connectivity index (χ4v) is 1.34. The van der Waals surface area contributed by atoms with Crippen LogP contribution < -0.4 is 11.1 Å². The van der Waals surface area contributed by atoms with Gasteiger partial charge in [-0.05, 0) is 6.92 Å². The molecule has 0 bridgehead atoms. The van der Waals surface area contributed by atoms with Crippen molar-refractivity contribution in [2.45, 2.75) is 19.0 Å². The Bertz CT molecular complexity index is 288. The molecule has 1 aliphatic heterocycles. The van der Waals surface area contributed by atoms with Gasteiger partial charge in [0.15, 0.2) is 0 Å². The molecule has 0 radical (unpaired) electrons. The number of imide groups is 1. The van der Waals surface area contributed by atoms with Crippen molar-refractivity contribution in [1.82, 2.24) is 10.2 Å². The molecular weight excluding hydrogens is 202 g/mol. The number of urea groups is 1. The molecule has 0 aromatic rings.